The Morgan fingerprint density at radius 1 is 1.05 bits per heavy atom. The number of oxazole rings is 1. The van der Waals surface area contributed by atoms with Crippen LogP contribution < -0.4 is 0 Å². The average Bonchev–Trinajstić information content (AvgIpc) is 3.50. The lowest BCUT2D eigenvalue weighted by Gasteiger charge is -2.15. The highest BCUT2D eigenvalue weighted by molar-refractivity contribution is 7.84. The average molecular weight is 605 g/mol. The Labute approximate surface area is 238 Å². The summed E-state index contributed by atoms with van der Waals surface area (Å²) in [6.07, 6.45) is -0.931. The SMILES string of the molecule is Cc1nc(-c2cc(-c3cc(F)c(CO)c(S(C)=O)c3)ccc2-n2cc(C(F)(F)F)nc2C)c(-c2ccc(Cl)nc2)o1. The van der Waals surface area contributed by atoms with Crippen molar-refractivity contribution < 1.29 is 31.3 Å². The first-order chi connectivity index (χ1) is 19.4. The van der Waals surface area contributed by atoms with E-state index in [0.29, 0.717) is 27.9 Å². The molecule has 1 atom stereocenters. The van der Waals surface area contributed by atoms with Crippen LogP contribution in [0.5, 0.6) is 0 Å². The Balaban J connectivity index is 1.79. The number of imidazole rings is 1. The molecule has 5 aromatic rings. The van der Waals surface area contributed by atoms with Gasteiger partial charge in [-0.25, -0.2) is 19.3 Å². The van der Waals surface area contributed by atoms with Gasteiger partial charge in [0.05, 0.1) is 23.1 Å². The standard InChI is InChI=1S/C28H21ClF4N4O3S/c1-14-35-24(28(31,32)33)12-37(14)22-6-4-16(18-9-21(30)20(13-38)23(10-18)41(3)39)8-19(22)26-27(40-15(2)36-26)17-5-7-25(29)34-11-17/h4-12,38H,13H2,1-3H3. The summed E-state index contributed by atoms with van der Waals surface area (Å²) < 4.78 is 75.1. The van der Waals surface area contributed by atoms with E-state index in [-0.39, 0.29) is 38.8 Å². The third-order valence-corrected chi connectivity index (χ3v) is 7.57. The van der Waals surface area contributed by atoms with E-state index in [2.05, 4.69) is 15.0 Å². The van der Waals surface area contributed by atoms with Crippen LogP contribution in [0.4, 0.5) is 17.6 Å². The molecule has 5 rings (SSSR count). The number of aryl methyl sites for hydroxylation is 2. The van der Waals surface area contributed by atoms with Crippen molar-refractivity contribution in [1.29, 1.82) is 0 Å². The number of hydrogen-bond acceptors (Lipinski definition) is 6. The molecule has 1 unspecified atom stereocenters. The molecule has 0 aliphatic heterocycles. The fourth-order valence-electron chi connectivity index (χ4n) is 4.47. The second-order valence-corrected chi connectivity index (χ2v) is 10.8. The summed E-state index contributed by atoms with van der Waals surface area (Å²) in [6.45, 7) is 2.43. The van der Waals surface area contributed by atoms with Crippen LogP contribution >= 0.6 is 11.6 Å². The lowest BCUT2D eigenvalue weighted by atomic mass is 9.97. The summed E-state index contributed by atoms with van der Waals surface area (Å²) >= 11 is 5.95. The van der Waals surface area contributed by atoms with Gasteiger partial charge < -0.3 is 14.1 Å². The number of aliphatic hydroxyl groups is 1. The Bertz CT molecular complexity index is 1800. The van der Waals surface area contributed by atoms with E-state index in [1.807, 2.05) is 0 Å². The smallest absolute Gasteiger partial charge is 0.434 e. The molecular weight excluding hydrogens is 584 g/mol. The lowest BCUT2D eigenvalue weighted by molar-refractivity contribution is -0.141. The van der Waals surface area contributed by atoms with E-state index in [9.17, 15) is 26.9 Å². The molecule has 0 radical (unpaired) electrons. The molecule has 0 saturated heterocycles. The van der Waals surface area contributed by atoms with Gasteiger partial charge in [-0.1, -0.05) is 17.7 Å². The number of alkyl halides is 3. The van der Waals surface area contributed by atoms with Gasteiger partial charge in [0.15, 0.2) is 17.3 Å². The van der Waals surface area contributed by atoms with Gasteiger partial charge >= 0.3 is 6.18 Å². The Morgan fingerprint density at radius 2 is 1.78 bits per heavy atom. The van der Waals surface area contributed by atoms with Crippen molar-refractivity contribution in [2.75, 3.05) is 6.26 Å². The van der Waals surface area contributed by atoms with E-state index in [1.165, 1.54) is 36.1 Å². The zero-order chi connectivity index (χ0) is 29.6. The maximum Gasteiger partial charge on any atom is 0.434 e. The van der Waals surface area contributed by atoms with Gasteiger partial charge in [-0.2, -0.15) is 13.2 Å². The molecule has 0 amide bonds. The van der Waals surface area contributed by atoms with Crippen molar-refractivity contribution in [1.82, 2.24) is 19.5 Å². The van der Waals surface area contributed by atoms with Crippen LogP contribution in [0.2, 0.25) is 5.15 Å². The first-order valence-electron chi connectivity index (χ1n) is 12.0. The summed E-state index contributed by atoms with van der Waals surface area (Å²) in [7, 11) is -1.61. The van der Waals surface area contributed by atoms with Crippen molar-refractivity contribution in [2.45, 2.75) is 31.5 Å². The molecule has 13 heteroatoms. The molecule has 0 fully saturated rings. The summed E-state index contributed by atoms with van der Waals surface area (Å²) in [5.41, 5.74) is 1.10. The lowest BCUT2D eigenvalue weighted by Crippen LogP contribution is -2.05. The number of nitrogens with zero attached hydrogens (tertiary/aromatic N) is 4. The van der Waals surface area contributed by atoms with Gasteiger partial charge in [0, 0.05) is 47.2 Å². The van der Waals surface area contributed by atoms with Gasteiger partial charge in [-0.05, 0) is 54.4 Å². The quantitative estimate of drug-likeness (QED) is 0.167. The minimum absolute atomic E-state index is 0.0725. The van der Waals surface area contributed by atoms with Crippen LogP contribution in [0, 0.1) is 19.7 Å². The number of halogens is 5. The highest BCUT2D eigenvalue weighted by Gasteiger charge is 2.35. The monoisotopic (exact) mass is 604 g/mol. The highest BCUT2D eigenvalue weighted by atomic mass is 35.5. The molecule has 212 valence electrons. The highest BCUT2D eigenvalue weighted by Crippen LogP contribution is 2.40. The summed E-state index contributed by atoms with van der Waals surface area (Å²) in [6, 6.07) is 10.7. The number of pyridine rings is 1. The second-order valence-electron chi connectivity index (χ2n) is 9.10. The van der Waals surface area contributed by atoms with Crippen LogP contribution in [-0.4, -0.2) is 35.1 Å². The third kappa shape index (κ3) is 5.54. The molecule has 0 aliphatic rings. The van der Waals surface area contributed by atoms with Gasteiger partial charge in [-0.3, -0.25) is 4.21 Å². The van der Waals surface area contributed by atoms with Crippen molar-refractivity contribution in [3.63, 3.8) is 0 Å². The predicted octanol–water partition coefficient (Wildman–Crippen LogP) is 6.91. The molecule has 41 heavy (non-hydrogen) atoms. The normalized spacial score (nSPS) is 12.6. The van der Waals surface area contributed by atoms with Crippen molar-refractivity contribution in [3.8, 4) is 39.4 Å². The first kappa shape index (κ1) is 28.7. The maximum atomic E-state index is 15.0. The Kier molecular flexibility index (Phi) is 7.58. The fourth-order valence-corrected chi connectivity index (χ4v) is 5.39. The molecule has 2 aromatic carbocycles. The summed E-state index contributed by atoms with van der Waals surface area (Å²) in [5.74, 6) is -0.104. The van der Waals surface area contributed by atoms with E-state index in [1.54, 1.807) is 37.3 Å². The fraction of sp³-hybridized carbons (Fsp3) is 0.179. The van der Waals surface area contributed by atoms with E-state index in [0.717, 1.165) is 6.20 Å². The molecule has 0 spiro atoms. The molecule has 3 aromatic heterocycles. The van der Waals surface area contributed by atoms with Crippen molar-refractivity contribution in [2.24, 2.45) is 0 Å². The number of rotatable bonds is 6. The van der Waals surface area contributed by atoms with Crippen LogP contribution in [0.15, 0.2) is 64.2 Å². The Hall–Kier alpha value is -3.87. The number of benzene rings is 2. The van der Waals surface area contributed by atoms with Crippen LogP contribution in [0.1, 0.15) is 23.0 Å². The predicted molar refractivity (Wildman–Crippen MR) is 145 cm³/mol. The molecule has 0 saturated carbocycles. The third-order valence-electron chi connectivity index (χ3n) is 6.36. The van der Waals surface area contributed by atoms with Gasteiger partial charge in [0.2, 0.25) is 0 Å². The van der Waals surface area contributed by atoms with Gasteiger partial charge in [0.25, 0.3) is 0 Å². The molecule has 1 N–H and O–H groups in total. The molecule has 0 aliphatic carbocycles. The van der Waals surface area contributed by atoms with Crippen LogP contribution in [0.25, 0.3) is 39.4 Å². The molecule has 7 nitrogen and oxygen atoms in total. The van der Waals surface area contributed by atoms with Gasteiger partial charge in [0.1, 0.15) is 22.5 Å². The Morgan fingerprint density at radius 3 is 2.39 bits per heavy atom. The zero-order valence-corrected chi connectivity index (χ0v) is 23.3. The van der Waals surface area contributed by atoms with E-state index in [4.69, 9.17) is 16.0 Å². The van der Waals surface area contributed by atoms with Crippen LogP contribution in [-0.2, 0) is 23.6 Å². The summed E-state index contributed by atoms with van der Waals surface area (Å²) in [4.78, 5) is 12.4. The summed E-state index contributed by atoms with van der Waals surface area (Å²) in [5, 5.41) is 9.86. The zero-order valence-electron chi connectivity index (χ0n) is 21.8. The number of hydrogen-bond donors (Lipinski definition) is 1. The minimum Gasteiger partial charge on any atom is -0.440 e. The molecule has 3 heterocycles. The minimum atomic E-state index is -4.67. The molecular formula is C28H21ClF4N4O3S. The van der Waals surface area contributed by atoms with Gasteiger partial charge in [-0.15, -0.1) is 0 Å². The number of aliphatic hydroxyl groups excluding tert-OH is 1. The largest absolute Gasteiger partial charge is 0.440 e. The first-order valence-corrected chi connectivity index (χ1v) is 14.0. The van der Waals surface area contributed by atoms with Crippen LogP contribution in [0.3, 0.4) is 0 Å². The maximum absolute atomic E-state index is 15.0. The van der Waals surface area contributed by atoms with E-state index >= 15 is 0 Å². The van der Waals surface area contributed by atoms with Crippen molar-refractivity contribution in [3.05, 3.63) is 88.8 Å². The molecule has 0 bridgehead atoms. The topological polar surface area (TPSA) is 94.0 Å². The van der Waals surface area contributed by atoms with E-state index < -0.39 is 35.1 Å². The second kappa shape index (κ2) is 10.8. The number of aromatic nitrogens is 4. The van der Waals surface area contributed by atoms with Crippen molar-refractivity contribution >= 4 is 22.4 Å².